The molecule has 1 fully saturated rings. The van der Waals surface area contributed by atoms with E-state index in [0.717, 1.165) is 12.8 Å². The normalized spacial score (nSPS) is 18.9. The first-order chi connectivity index (χ1) is 9.60. The first kappa shape index (κ1) is 17.0. The minimum Gasteiger partial charge on any atom is -0.465 e. The van der Waals surface area contributed by atoms with Crippen LogP contribution in [0, 0.1) is 5.41 Å². The Hall–Kier alpha value is -1.10. The molecule has 1 aliphatic rings. The lowest BCUT2D eigenvalue weighted by Gasteiger charge is -2.30. The van der Waals surface area contributed by atoms with Crippen LogP contribution in [0.1, 0.15) is 52.9 Å². The van der Waals surface area contributed by atoms with Crippen molar-refractivity contribution < 1.29 is 23.8 Å². The summed E-state index contributed by atoms with van der Waals surface area (Å²) in [6.07, 6.45) is 3.30. The molecule has 5 heteroatoms. The number of carbonyl (C=O) groups is 2. The van der Waals surface area contributed by atoms with Crippen LogP contribution in [0.5, 0.6) is 0 Å². The molecule has 0 aromatic heterocycles. The molecule has 1 heterocycles. The van der Waals surface area contributed by atoms with Gasteiger partial charge in [0.2, 0.25) is 0 Å². The van der Waals surface area contributed by atoms with Crippen LogP contribution in [-0.4, -0.2) is 37.9 Å². The van der Waals surface area contributed by atoms with Crippen LogP contribution in [0.2, 0.25) is 0 Å². The van der Waals surface area contributed by atoms with Crippen LogP contribution in [0.4, 0.5) is 0 Å². The lowest BCUT2D eigenvalue weighted by atomic mass is 9.77. The van der Waals surface area contributed by atoms with Crippen molar-refractivity contribution in [1.82, 2.24) is 0 Å². The van der Waals surface area contributed by atoms with Crippen molar-refractivity contribution in [3.05, 3.63) is 0 Å². The smallest absolute Gasteiger partial charge is 0.323 e. The second kappa shape index (κ2) is 8.25. The van der Waals surface area contributed by atoms with Gasteiger partial charge in [0.25, 0.3) is 0 Å². The van der Waals surface area contributed by atoms with Crippen molar-refractivity contribution in [2.45, 2.75) is 59.0 Å². The van der Waals surface area contributed by atoms with Crippen LogP contribution in [0.3, 0.4) is 0 Å². The number of carbonyl (C=O) groups excluding carboxylic acids is 2. The van der Waals surface area contributed by atoms with E-state index in [0.29, 0.717) is 25.9 Å². The fourth-order valence-corrected chi connectivity index (χ4v) is 2.72. The van der Waals surface area contributed by atoms with Gasteiger partial charge in [0.1, 0.15) is 0 Å². The van der Waals surface area contributed by atoms with Crippen molar-refractivity contribution in [1.29, 1.82) is 0 Å². The SMILES string of the molecule is CCCC(CC1CCCO1)(C(=O)OCC)C(=O)OCC. The second-order valence-corrected chi connectivity index (χ2v) is 5.11. The van der Waals surface area contributed by atoms with Crippen molar-refractivity contribution in [2.24, 2.45) is 5.41 Å². The molecular formula is C15H26O5. The summed E-state index contributed by atoms with van der Waals surface area (Å²) >= 11 is 0. The Balaban J connectivity index is 2.96. The van der Waals surface area contributed by atoms with Gasteiger partial charge in [-0.25, -0.2) is 0 Å². The Bertz CT molecular complexity index is 302. The van der Waals surface area contributed by atoms with Crippen LogP contribution in [0.15, 0.2) is 0 Å². The fraction of sp³-hybridized carbons (Fsp3) is 0.867. The molecule has 0 radical (unpaired) electrons. The van der Waals surface area contributed by atoms with Crippen molar-refractivity contribution in [3.63, 3.8) is 0 Å². The highest BCUT2D eigenvalue weighted by atomic mass is 16.6. The van der Waals surface area contributed by atoms with Gasteiger partial charge >= 0.3 is 11.9 Å². The zero-order chi connectivity index (χ0) is 15.0. The first-order valence-electron chi connectivity index (χ1n) is 7.56. The summed E-state index contributed by atoms with van der Waals surface area (Å²) < 4.78 is 15.9. The minimum atomic E-state index is -1.21. The third-order valence-corrected chi connectivity index (χ3v) is 3.61. The number of esters is 2. The van der Waals surface area contributed by atoms with Gasteiger partial charge in [0, 0.05) is 13.0 Å². The highest BCUT2D eigenvalue weighted by Gasteiger charge is 2.50. The van der Waals surface area contributed by atoms with Gasteiger partial charge in [-0.05, 0) is 33.1 Å². The maximum Gasteiger partial charge on any atom is 0.323 e. The maximum absolute atomic E-state index is 12.4. The average molecular weight is 286 g/mol. The van der Waals surface area contributed by atoms with E-state index in [-0.39, 0.29) is 19.3 Å². The second-order valence-electron chi connectivity index (χ2n) is 5.11. The quantitative estimate of drug-likeness (QED) is 0.506. The lowest BCUT2D eigenvalue weighted by molar-refractivity contribution is -0.175. The Morgan fingerprint density at radius 3 is 2.15 bits per heavy atom. The third-order valence-electron chi connectivity index (χ3n) is 3.61. The fourth-order valence-electron chi connectivity index (χ4n) is 2.72. The largest absolute Gasteiger partial charge is 0.465 e. The topological polar surface area (TPSA) is 61.8 Å². The summed E-state index contributed by atoms with van der Waals surface area (Å²) in [4.78, 5) is 24.8. The molecule has 20 heavy (non-hydrogen) atoms. The molecule has 1 aliphatic heterocycles. The summed E-state index contributed by atoms with van der Waals surface area (Å²) in [6.45, 7) is 6.64. The van der Waals surface area contributed by atoms with Gasteiger partial charge in [-0.1, -0.05) is 13.3 Å². The Labute approximate surface area is 121 Å². The molecule has 1 rings (SSSR count). The van der Waals surface area contributed by atoms with Crippen LogP contribution in [0.25, 0.3) is 0 Å². The number of rotatable bonds is 8. The van der Waals surface area contributed by atoms with Gasteiger partial charge in [-0.2, -0.15) is 0 Å². The predicted molar refractivity (Wildman–Crippen MR) is 74.2 cm³/mol. The van der Waals surface area contributed by atoms with Crippen molar-refractivity contribution >= 4 is 11.9 Å². The Morgan fingerprint density at radius 1 is 1.15 bits per heavy atom. The summed E-state index contributed by atoms with van der Waals surface area (Å²) in [5.74, 6) is -0.952. The highest BCUT2D eigenvalue weighted by Crippen LogP contribution is 2.36. The molecule has 1 saturated heterocycles. The van der Waals surface area contributed by atoms with Gasteiger partial charge in [0.05, 0.1) is 19.3 Å². The molecule has 0 aromatic carbocycles. The molecule has 1 atom stereocenters. The molecule has 0 saturated carbocycles. The van der Waals surface area contributed by atoms with Crippen LogP contribution < -0.4 is 0 Å². The zero-order valence-electron chi connectivity index (χ0n) is 12.8. The molecule has 0 aliphatic carbocycles. The van der Waals surface area contributed by atoms with Crippen molar-refractivity contribution in [3.8, 4) is 0 Å². The molecule has 1 unspecified atom stereocenters. The molecule has 116 valence electrons. The first-order valence-corrected chi connectivity index (χ1v) is 7.56. The molecule has 0 aromatic rings. The third kappa shape index (κ3) is 3.95. The summed E-state index contributed by atoms with van der Waals surface area (Å²) in [6, 6.07) is 0. The Morgan fingerprint density at radius 2 is 1.75 bits per heavy atom. The van der Waals surface area contributed by atoms with E-state index in [9.17, 15) is 9.59 Å². The Kier molecular flexibility index (Phi) is 6.99. The van der Waals surface area contributed by atoms with E-state index in [1.807, 2.05) is 6.92 Å². The van der Waals surface area contributed by atoms with E-state index in [1.165, 1.54) is 0 Å². The lowest BCUT2D eigenvalue weighted by Crippen LogP contribution is -2.44. The van der Waals surface area contributed by atoms with E-state index in [1.54, 1.807) is 13.8 Å². The van der Waals surface area contributed by atoms with E-state index < -0.39 is 17.4 Å². The van der Waals surface area contributed by atoms with E-state index in [2.05, 4.69) is 0 Å². The van der Waals surface area contributed by atoms with Gasteiger partial charge < -0.3 is 14.2 Å². The highest BCUT2D eigenvalue weighted by molar-refractivity contribution is 6.00. The molecular weight excluding hydrogens is 260 g/mol. The minimum absolute atomic E-state index is 0.0598. The predicted octanol–water partition coefficient (Wildman–Crippen LogP) is 2.47. The van der Waals surface area contributed by atoms with Crippen LogP contribution in [-0.2, 0) is 23.8 Å². The van der Waals surface area contributed by atoms with E-state index in [4.69, 9.17) is 14.2 Å². The monoisotopic (exact) mass is 286 g/mol. The molecule has 5 nitrogen and oxygen atoms in total. The average Bonchev–Trinajstić information content (AvgIpc) is 2.91. The summed E-state index contributed by atoms with van der Waals surface area (Å²) in [5.41, 5.74) is -1.21. The van der Waals surface area contributed by atoms with Crippen molar-refractivity contribution in [2.75, 3.05) is 19.8 Å². The number of hydrogen-bond donors (Lipinski definition) is 0. The van der Waals surface area contributed by atoms with E-state index >= 15 is 0 Å². The van der Waals surface area contributed by atoms with Gasteiger partial charge in [-0.3, -0.25) is 9.59 Å². The zero-order valence-corrected chi connectivity index (χ0v) is 12.8. The van der Waals surface area contributed by atoms with Crippen LogP contribution >= 0.6 is 0 Å². The van der Waals surface area contributed by atoms with Gasteiger partial charge in [-0.15, -0.1) is 0 Å². The van der Waals surface area contributed by atoms with Gasteiger partial charge in [0.15, 0.2) is 5.41 Å². The number of hydrogen-bond acceptors (Lipinski definition) is 5. The standard InChI is InChI=1S/C15H26O5/c1-4-9-15(13(16)18-5-2,14(17)19-6-3)11-12-8-7-10-20-12/h12H,4-11H2,1-3H3. The molecule has 0 amide bonds. The molecule has 0 spiro atoms. The molecule has 0 N–H and O–H groups in total. The summed E-state index contributed by atoms with van der Waals surface area (Å²) in [7, 11) is 0. The summed E-state index contributed by atoms with van der Waals surface area (Å²) in [5, 5.41) is 0. The maximum atomic E-state index is 12.4. The molecule has 0 bridgehead atoms. The number of ether oxygens (including phenoxy) is 3.